The van der Waals surface area contributed by atoms with E-state index < -0.39 is 12.2 Å². The van der Waals surface area contributed by atoms with Gasteiger partial charge in [0, 0.05) is 59.4 Å². The van der Waals surface area contributed by atoms with Crippen LogP contribution in [0, 0.1) is 0 Å². The third-order valence-electron chi connectivity index (χ3n) is 5.12. The summed E-state index contributed by atoms with van der Waals surface area (Å²) in [5.74, 6) is 0.645. The van der Waals surface area contributed by atoms with E-state index in [1.165, 1.54) is 11.8 Å². The first-order valence-corrected chi connectivity index (χ1v) is 9.70. The molecule has 6 nitrogen and oxygen atoms in total. The Morgan fingerprint density at radius 2 is 1.87 bits per heavy atom. The Labute approximate surface area is 193 Å². The van der Waals surface area contributed by atoms with Gasteiger partial charge in [0.2, 0.25) is 0 Å². The average Bonchev–Trinajstić information content (AvgIpc) is 2.69. The Hall–Kier alpha value is -1.56. The van der Waals surface area contributed by atoms with Gasteiger partial charge in [-0.1, -0.05) is 12.1 Å². The lowest BCUT2D eigenvalue weighted by Gasteiger charge is -2.39. The molecular weight excluding hydrogens is 510 g/mol. The van der Waals surface area contributed by atoms with Crippen molar-refractivity contribution in [2.24, 2.45) is 4.99 Å². The van der Waals surface area contributed by atoms with Gasteiger partial charge in [-0.3, -0.25) is 14.7 Å². The van der Waals surface area contributed by atoms with Crippen LogP contribution in [-0.4, -0.2) is 92.7 Å². The second kappa shape index (κ2) is 11.7. The van der Waals surface area contributed by atoms with Crippen LogP contribution in [0.15, 0.2) is 29.3 Å². The Morgan fingerprint density at radius 3 is 2.40 bits per heavy atom. The number of carbonyl (C=O) groups excluding carboxylic acids is 1. The molecule has 1 amide bonds. The van der Waals surface area contributed by atoms with E-state index in [0.717, 1.165) is 5.56 Å². The first kappa shape index (κ1) is 26.5. The van der Waals surface area contributed by atoms with Crippen molar-refractivity contribution in [1.82, 2.24) is 20.0 Å². The molecule has 0 bridgehead atoms. The molecule has 0 saturated carbocycles. The summed E-state index contributed by atoms with van der Waals surface area (Å²) >= 11 is 0. The summed E-state index contributed by atoms with van der Waals surface area (Å²) in [7, 11) is 5.11. The molecule has 0 aliphatic carbocycles. The number of carbonyl (C=O) groups is 1. The summed E-state index contributed by atoms with van der Waals surface area (Å²) < 4.78 is 38.7. The van der Waals surface area contributed by atoms with Crippen molar-refractivity contribution in [2.75, 3.05) is 53.9 Å². The number of halogens is 4. The molecule has 1 fully saturated rings. The third kappa shape index (κ3) is 7.29. The van der Waals surface area contributed by atoms with E-state index in [1.54, 1.807) is 32.1 Å². The number of nitrogens with zero attached hydrogens (tertiary/aromatic N) is 4. The van der Waals surface area contributed by atoms with E-state index in [4.69, 9.17) is 0 Å². The molecule has 1 aliphatic rings. The van der Waals surface area contributed by atoms with Gasteiger partial charge >= 0.3 is 6.18 Å². The standard InChI is InChI=1S/C20H30F3N5O.HI/c1-15(20(21,22)23)27-10-12-28(13-11-27)19(24-2)25-9-8-16-6-5-7-17(14-16)18(29)26(3)4;/h5-7,14-15H,8-13H2,1-4H3,(H,24,25);1H. The van der Waals surface area contributed by atoms with E-state index in [-0.39, 0.29) is 29.9 Å². The first-order chi connectivity index (χ1) is 13.6. The van der Waals surface area contributed by atoms with Crippen LogP contribution in [0.4, 0.5) is 13.2 Å². The van der Waals surface area contributed by atoms with Crippen molar-refractivity contribution in [3.63, 3.8) is 0 Å². The van der Waals surface area contributed by atoms with Crippen LogP contribution in [0.3, 0.4) is 0 Å². The van der Waals surface area contributed by atoms with Gasteiger partial charge < -0.3 is 15.1 Å². The van der Waals surface area contributed by atoms with Crippen molar-refractivity contribution in [1.29, 1.82) is 0 Å². The van der Waals surface area contributed by atoms with E-state index >= 15 is 0 Å². The quantitative estimate of drug-likeness (QED) is 0.354. The maximum atomic E-state index is 12.9. The van der Waals surface area contributed by atoms with Gasteiger partial charge in [0.15, 0.2) is 5.96 Å². The zero-order chi connectivity index (χ0) is 21.6. The molecule has 1 saturated heterocycles. The van der Waals surface area contributed by atoms with Crippen LogP contribution < -0.4 is 5.32 Å². The van der Waals surface area contributed by atoms with Crippen molar-refractivity contribution >= 4 is 35.8 Å². The molecule has 30 heavy (non-hydrogen) atoms. The molecule has 0 aromatic heterocycles. The van der Waals surface area contributed by atoms with E-state index in [2.05, 4.69) is 10.3 Å². The molecule has 1 atom stereocenters. The van der Waals surface area contributed by atoms with Gasteiger partial charge in [-0.05, 0) is 31.0 Å². The summed E-state index contributed by atoms with van der Waals surface area (Å²) in [6, 6.07) is 6.07. The van der Waals surface area contributed by atoms with E-state index in [0.29, 0.717) is 50.7 Å². The maximum Gasteiger partial charge on any atom is 0.403 e. The number of piperazine rings is 1. The molecule has 1 aromatic rings. The van der Waals surface area contributed by atoms with Crippen LogP contribution in [-0.2, 0) is 6.42 Å². The fourth-order valence-corrected chi connectivity index (χ4v) is 3.30. The Kier molecular flexibility index (Phi) is 10.4. The number of alkyl halides is 3. The number of amides is 1. The Bertz CT molecular complexity index is 719. The molecule has 1 N–H and O–H groups in total. The molecule has 1 heterocycles. The topological polar surface area (TPSA) is 51.2 Å². The summed E-state index contributed by atoms with van der Waals surface area (Å²) in [6.07, 6.45) is -3.50. The average molecular weight is 541 g/mol. The normalized spacial score (nSPS) is 16.6. The number of hydrogen-bond donors (Lipinski definition) is 1. The molecular formula is C20H31F3IN5O. The fourth-order valence-electron chi connectivity index (χ4n) is 3.30. The van der Waals surface area contributed by atoms with Crippen molar-refractivity contribution in [3.05, 3.63) is 35.4 Å². The number of benzene rings is 1. The van der Waals surface area contributed by atoms with Crippen LogP contribution in [0.2, 0.25) is 0 Å². The lowest BCUT2D eigenvalue weighted by atomic mass is 10.1. The van der Waals surface area contributed by atoms with Gasteiger partial charge in [-0.15, -0.1) is 24.0 Å². The molecule has 10 heteroatoms. The van der Waals surface area contributed by atoms with E-state index in [1.807, 2.05) is 23.1 Å². The van der Waals surface area contributed by atoms with Crippen molar-refractivity contribution in [2.45, 2.75) is 25.6 Å². The minimum Gasteiger partial charge on any atom is -0.356 e. The Balaban J connectivity index is 0.00000450. The maximum absolute atomic E-state index is 12.9. The van der Waals surface area contributed by atoms with Crippen LogP contribution in [0.5, 0.6) is 0 Å². The third-order valence-corrected chi connectivity index (χ3v) is 5.12. The number of nitrogens with one attached hydrogen (secondary N) is 1. The summed E-state index contributed by atoms with van der Waals surface area (Å²) in [6.45, 7) is 3.50. The molecule has 1 aromatic carbocycles. The zero-order valence-electron chi connectivity index (χ0n) is 17.9. The zero-order valence-corrected chi connectivity index (χ0v) is 20.2. The number of hydrogen-bond acceptors (Lipinski definition) is 3. The second-order valence-corrected chi connectivity index (χ2v) is 7.36. The molecule has 0 radical (unpaired) electrons. The minimum absolute atomic E-state index is 0. The van der Waals surface area contributed by atoms with Gasteiger partial charge in [-0.25, -0.2) is 0 Å². The minimum atomic E-state index is -4.20. The van der Waals surface area contributed by atoms with Gasteiger partial charge in [-0.2, -0.15) is 13.2 Å². The largest absolute Gasteiger partial charge is 0.403 e. The molecule has 1 unspecified atom stereocenters. The van der Waals surface area contributed by atoms with Crippen LogP contribution in [0.1, 0.15) is 22.8 Å². The predicted octanol–water partition coefficient (Wildman–Crippen LogP) is 2.69. The van der Waals surface area contributed by atoms with Crippen LogP contribution >= 0.6 is 24.0 Å². The number of aliphatic imine (C=N–C) groups is 1. The Morgan fingerprint density at radius 1 is 1.23 bits per heavy atom. The molecule has 0 spiro atoms. The lowest BCUT2D eigenvalue weighted by molar-refractivity contribution is -0.181. The smallest absolute Gasteiger partial charge is 0.356 e. The van der Waals surface area contributed by atoms with Gasteiger partial charge in [0.1, 0.15) is 6.04 Å². The number of rotatable bonds is 5. The SMILES string of the molecule is CN=C(NCCc1cccc(C(=O)N(C)C)c1)N1CCN(C(C)C(F)(F)F)CC1.I. The summed E-state index contributed by atoms with van der Waals surface area (Å²) in [5, 5.41) is 3.27. The van der Waals surface area contributed by atoms with E-state index in [9.17, 15) is 18.0 Å². The van der Waals surface area contributed by atoms with Crippen LogP contribution in [0.25, 0.3) is 0 Å². The fraction of sp³-hybridized carbons (Fsp3) is 0.600. The van der Waals surface area contributed by atoms with Gasteiger partial charge in [0.25, 0.3) is 5.91 Å². The predicted molar refractivity (Wildman–Crippen MR) is 124 cm³/mol. The van der Waals surface area contributed by atoms with Crippen molar-refractivity contribution < 1.29 is 18.0 Å². The lowest BCUT2D eigenvalue weighted by Crippen LogP contribution is -2.56. The van der Waals surface area contributed by atoms with Crippen molar-refractivity contribution in [3.8, 4) is 0 Å². The molecule has 1 aliphatic heterocycles. The molecule has 170 valence electrons. The second-order valence-electron chi connectivity index (χ2n) is 7.36. The number of guanidine groups is 1. The summed E-state index contributed by atoms with van der Waals surface area (Å²) in [4.78, 5) is 21.3. The monoisotopic (exact) mass is 541 g/mol. The summed E-state index contributed by atoms with van der Waals surface area (Å²) in [5.41, 5.74) is 1.68. The highest BCUT2D eigenvalue weighted by molar-refractivity contribution is 14.0. The molecule has 2 rings (SSSR count). The highest BCUT2D eigenvalue weighted by Crippen LogP contribution is 2.25. The highest BCUT2D eigenvalue weighted by atomic mass is 127. The first-order valence-electron chi connectivity index (χ1n) is 9.70. The van der Waals surface area contributed by atoms with Gasteiger partial charge in [0.05, 0.1) is 0 Å². The highest BCUT2D eigenvalue weighted by Gasteiger charge is 2.41.